The van der Waals surface area contributed by atoms with Crippen LogP contribution < -0.4 is 5.32 Å². The van der Waals surface area contributed by atoms with Crippen molar-refractivity contribution in [3.8, 4) is 0 Å². The minimum Gasteiger partial charge on any atom is -0.385 e. The van der Waals surface area contributed by atoms with E-state index in [0.717, 1.165) is 32.9 Å². The molecule has 0 radical (unpaired) electrons. The highest BCUT2D eigenvalue weighted by atomic mass is 79.9. The number of benzene rings is 2. The molecule has 0 saturated carbocycles. The third kappa shape index (κ3) is 4.75. The van der Waals surface area contributed by atoms with Gasteiger partial charge >= 0.3 is 0 Å². The maximum absolute atomic E-state index is 11.0. The Morgan fingerprint density at radius 2 is 2.05 bits per heavy atom. The van der Waals surface area contributed by atoms with Crippen LogP contribution in [0.3, 0.4) is 0 Å². The van der Waals surface area contributed by atoms with Gasteiger partial charge in [0.05, 0.1) is 4.92 Å². The van der Waals surface area contributed by atoms with Crippen LogP contribution in [0.1, 0.15) is 13.3 Å². The highest BCUT2D eigenvalue weighted by Gasteiger charge is 2.10. The van der Waals surface area contributed by atoms with Crippen molar-refractivity contribution in [1.82, 2.24) is 0 Å². The molecule has 2 aromatic rings. The van der Waals surface area contributed by atoms with Crippen molar-refractivity contribution in [2.45, 2.75) is 23.1 Å². The molecule has 0 fully saturated rings. The van der Waals surface area contributed by atoms with Gasteiger partial charge in [-0.25, -0.2) is 0 Å². The van der Waals surface area contributed by atoms with Crippen molar-refractivity contribution < 1.29 is 4.92 Å². The van der Waals surface area contributed by atoms with Gasteiger partial charge in [0, 0.05) is 38.6 Å². The Hall–Kier alpha value is -1.53. The summed E-state index contributed by atoms with van der Waals surface area (Å²) in [5.74, 6) is 0. The molecule has 1 N–H and O–H groups in total. The van der Waals surface area contributed by atoms with E-state index in [1.165, 1.54) is 11.8 Å². The Kier molecular flexibility index (Phi) is 5.64. The second-order valence-electron chi connectivity index (χ2n) is 4.46. The smallest absolute Gasteiger partial charge is 0.272 e. The summed E-state index contributed by atoms with van der Waals surface area (Å²) in [7, 11) is 0. The van der Waals surface area contributed by atoms with Crippen LogP contribution in [-0.2, 0) is 0 Å². The summed E-state index contributed by atoms with van der Waals surface area (Å²) in [5.41, 5.74) is 0.886. The highest BCUT2D eigenvalue weighted by Crippen LogP contribution is 2.33. The van der Waals surface area contributed by atoms with Crippen molar-refractivity contribution in [3.63, 3.8) is 0 Å². The van der Waals surface area contributed by atoms with Gasteiger partial charge in [-0.2, -0.15) is 0 Å². The van der Waals surface area contributed by atoms with Gasteiger partial charge < -0.3 is 5.32 Å². The first-order valence-corrected chi connectivity index (χ1v) is 8.16. The number of hydrogen-bond acceptors (Lipinski definition) is 4. The average molecular weight is 367 g/mol. The van der Waals surface area contributed by atoms with Gasteiger partial charge in [0.1, 0.15) is 0 Å². The zero-order valence-corrected chi connectivity index (χ0v) is 13.9. The number of rotatable bonds is 6. The predicted octanol–water partition coefficient (Wildman–Crippen LogP) is 5.33. The van der Waals surface area contributed by atoms with Gasteiger partial charge in [-0.1, -0.05) is 40.7 Å². The van der Waals surface area contributed by atoms with Gasteiger partial charge in [0.2, 0.25) is 0 Å². The Balaban J connectivity index is 2.28. The fraction of sp³-hybridized carbons (Fsp3) is 0.200. The number of nitrogens with one attached hydrogen (secondary N) is 1. The summed E-state index contributed by atoms with van der Waals surface area (Å²) in [5, 5.41) is 14.2. The number of anilines is 1. The Morgan fingerprint density at radius 1 is 1.24 bits per heavy atom. The van der Waals surface area contributed by atoms with Gasteiger partial charge in [0.15, 0.2) is 0 Å². The molecule has 0 atom stereocenters. The third-order valence-corrected chi connectivity index (χ3v) is 4.17. The predicted molar refractivity (Wildman–Crippen MR) is 90.1 cm³/mol. The highest BCUT2D eigenvalue weighted by molar-refractivity contribution is 9.10. The van der Waals surface area contributed by atoms with Gasteiger partial charge in [-0.15, -0.1) is 0 Å². The summed E-state index contributed by atoms with van der Waals surface area (Å²) in [6.45, 7) is 2.85. The van der Waals surface area contributed by atoms with E-state index < -0.39 is 0 Å². The Morgan fingerprint density at radius 3 is 2.71 bits per heavy atom. The summed E-state index contributed by atoms with van der Waals surface area (Å²) >= 11 is 4.93. The van der Waals surface area contributed by atoms with E-state index >= 15 is 0 Å². The summed E-state index contributed by atoms with van der Waals surface area (Å²) in [6.07, 6.45) is 0.969. The lowest BCUT2D eigenvalue weighted by Crippen LogP contribution is -2.00. The van der Waals surface area contributed by atoms with Crippen LogP contribution in [0, 0.1) is 10.1 Å². The molecular formula is C15H15BrN2O2S. The summed E-state index contributed by atoms with van der Waals surface area (Å²) < 4.78 is 0.988. The van der Waals surface area contributed by atoms with E-state index in [2.05, 4.69) is 28.2 Å². The van der Waals surface area contributed by atoms with Crippen LogP contribution in [0.25, 0.3) is 0 Å². The van der Waals surface area contributed by atoms with Crippen LogP contribution >= 0.6 is 27.7 Å². The Bertz CT molecular complexity index is 649. The molecule has 0 saturated heterocycles. The minimum atomic E-state index is -0.359. The lowest BCUT2D eigenvalue weighted by molar-refractivity contribution is -0.385. The molecule has 0 bridgehead atoms. The number of nitro groups is 1. The van der Waals surface area contributed by atoms with Crippen molar-refractivity contribution in [2.75, 3.05) is 11.9 Å². The van der Waals surface area contributed by atoms with Crippen LogP contribution in [-0.4, -0.2) is 11.5 Å². The second kappa shape index (κ2) is 7.47. The number of hydrogen-bond donors (Lipinski definition) is 1. The number of nitro benzene ring substituents is 1. The molecule has 110 valence electrons. The van der Waals surface area contributed by atoms with Gasteiger partial charge in [-0.05, 0) is 30.7 Å². The molecule has 6 heteroatoms. The van der Waals surface area contributed by atoms with E-state index in [0.29, 0.717) is 0 Å². The molecule has 0 unspecified atom stereocenters. The molecule has 0 aliphatic rings. The molecule has 0 aliphatic carbocycles. The molecule has 21 heavy (non-hydrogen) atoms. The maximum Gasteiger partial charge on any atom is 0.272 e. The zero-order valence-electron chi connectivity index (χ0n) is 11.5. The molecule has 2 aromatic carbocycles. The number of nitrogens with zero attached hydrogens (tertiary/aromatic N) is 1. The van der Waals surface area contributed by atoms with Crippen LogP contribution in [0.5, 0.6) is 0 Å². The van der Waals surface area contributed by atoms with Crippen LogP contribution in [0.4, 0.5) is 11.4 Å². The first kappa shape index (κ1) is 15.9. The summed E-state index contributed by atoms with van der Waals surface area (Å²) in [4.78, 5) is 12.6. The molecular weight excluding hydrogens is 352 g/mol. The van der Waals surface area contributed by atoms with E-state index in [4.69, 9.17) is 0 Å². The Labute approximate surface area is 136 Å². The van der Waals surface area contributed by atoms with Crippen LogP contribution in [0.2, 0.25) is 0 Å². The monoisotopic (exact) mass is 366 g/mol. The zero-order chi connectivity index (χ0) is 15.2. The maximum atomic E-state index is 11.0. The SMILES string of the molecule is CCCNc1cc(Sc2cccc(Br)c2)cc([N+](=O)[O-])c1. The molecule has 0 amide bonds. The first-order valence-electron chi connectivity index (χ1n) is 6.55. The lowest BCUT2D eigenvalue weighted by atomic mass is 10.2. The standard InChI is InChI=1S/C15H15BrN2O2S/c1-2-6-17-12-8-13(18(19)20)10-15(9-12)21-14-5-3-4-11(16)7-14/h3-5,7-10,17H,2,6H2,1H3. The topological polar surface area (TPSA) is 55.2 Å². The van der Waals surface area contributed by atoms with Gasteiger partial charge in [-0.3, -0.25) is 10.1 Å². The largest absolute Gasteiger partial charge is 0.385 e. The van der Waals surface area contributed by atoms with E-state index in [-0.39, 0.29) is 10.6 Å². The third-order valence-electron chi connectivity index (χ3n) is 2.71. The molecule has 4 nitrogen and oxygen atoms in total. The normalized spacial score (nSPS) is 10.4. The van der Waals surface area contributed by atoms with Gasteiger partial charge in [0.25, 0.3) is 5.69 Å². The molecule has 0 heterocycles. The minimum absolute atomic E-state index is 0.105. The van der Waals surface area contributed by atoms with E-state index in [1.807, 2.05) is 30.3 Å². The molecule has 0 aromatic heterocycles. The van der Waals surface area contributed by atoms with E-state index in [9.17, 15) is 10.1 Å². The number of halogens is 1. The number of non-ortho nitro benzene ring substituents is 1. The average Bonchev–Trinajstić information content (AvgIpc) is 2.45. The fourth-order valence-electron chi connectivity index (χ4n) is 1.79. The fourth-order valence-corrected chi connectivity index (χ4v) is 3.31. The first-order chi connectivity index (χ1) is 10.1. The van der Waals surface area contributed by atoms with Crippen molar-refractivity contribution in [3.05, 3.63) is 57.1 Å². The van der Waals surface area contributed by atoms with Crippen molar-refractivity contribution in [2.24, 2.45) is 0 Å². The second-order valence-corrected chi connectivity index (χ2v) is 6.52. The molecule has 2 rings (SSSR count). The quantitative estimate of drug-likeness (QED) is 0.554. The lowest BCUT2D eigenvalue weighted by Gasteiger charge is -2.08. The summed E-state index contributed by atoms with van der Waals surface area (Å²) in [6, 6.07) is 13.0. The van der Waals surface area contributed by atoms with Crippen molar-refractivity contribution >= 4 is 39.1 Å². The van der Waals surface area contributed by atoms with Crippen LogP contribution in [0.15, 0.2) is 56.7 Å². The molecule has 0 aliphatic heterocycles. The van der Waals surface area contributed by atoms with E-state index in [1.54, 1.807) is 12.1 Å². The van der Waals surface area contributed by atoms with Crippen molar-refractivity contribution in [1.29, 1.82) is 0 Å². The molecule has 0 spiro atoms.